The highest BCUT2D eigenvalue weighted by Crippen LogP contribution is 2.50. The van der Waals surface area contributed by atoms with Crippen LogP contribution >= 0.6 is 0 Å². The highest BCUT2D eigenvalue weighted by molar-refractivity contribution is 6.25. The van der Waals surface area contributed by atoms with Gasteiger partial charge in [-0.1, -0.05) is 12.1 Å². The summed E-state index contributed by atoms with van der Waals surface area (Å²) in [5.74, 6) is -4.16. The molecule has 4 N–H and O–H groups in total. The number of hydrogen-bond donors (Lipinski definition) is 3. The van der Waals surface area contributed by atoms with Crippen molar-refractivity contribution in [1.82, 2.24) is 0 Å². The predicted octanol–water partition coefficient (Wildman–Crippen LogP) is 1.60. The van der Waals surface area contributed by atoms with Crippen molar-refractivity contribution < 1.29 is 38.7 Å². The molecule has 38 heavy (non-hydrogen) atoms. The molecule has 2 fully saturated rings. The van der Waals surface area contributed by atoms with Crippen LogP contribution in [0.3, 0.4) is 0 Å². The number of halogens is 1. The molecule has 0 aliphatic carbocycles. The van der Waals surface area contributed by atoms with Gasteiger partial charge in [-0.05, 0) is 60.2 Å². The second-order valence-corrected chi connectivity index (χ2v) is 9.82. The maximum Gasteiger partial charge on any atom is 0.308 e. The van der Waals surface area contributed by atoms with E-state index in [1.165, 1.54) is 61.5 Å². The number of carbonyl (C=O) groups is 4. The summed E-state index contributed by atoms with van der Waals surface area (Å²) in [6.07, 6.45) is 0.333. The third kappa shape index (κ3) is 3.48. The van der Waals surface area contributed by atoms with Gasteiger partial charge < -0.3 is 20.5 Å². The average Bonchev–Trinajstić information content (AvgIpc) is 3.45. The van der Waals surface area contributed by atoms with Gasteiger partial charge in [0.2, 0.25) is 17.4 Å². The lowest BCUT2D eigenvalue weighted by atomic mass is 9.76. The Morgan fingerprint density at radius 1 is 1.05 bits per heavy atom. The van der Waals surface area contributed by atoms with Gasteiger partial charge in [-0.2, -0.15) is 0 Å². The number of nitrogens with zero attached hydrogens (tertiary/aromatic N) is 1. The molecule has 0 radical (unpaired) electrons. The van der Waals surface area contributed by atoms with Crippen molar-refractivity contribution in [2.24, 2.45) is 11.8 Å². The topological polar surface area (TPSA) is 130 Å². The molecule has 0 aromatic heterocycles. The molecule has 3 aromatic rings. The van der Waals surface area contributed by atoms with Gasteiger partial charge in [0.25, 0.3) is 5.91 Å². The summed E-state index contributed by atoms with van der Waals surface area (Å²) < 4.78 is 19.5. The zero-order valence-electron chi connectivity index (χ0n) is 20.2. The first kappa shape index (κ1) is 23.8. The third-order valence-corrected chi connectivity index (χ3v) is 7.60. The van der Waals surface area contributed by atoms with Crippen LogP contribution in [0.25, 0.3) is 0 Å². The van der Waals surface area contributed by atoms with Crippen LogP contribution in [0.5, 0.6) is 11.5 Å². The Kier molecular flexibility index (Phi) is 5.32. The summed E-state index contributed by atoms with van der Waals surface area (Å²) in [6.45, 7) is 1.26. The Bertz CT molecular complexity index is 1510. The van der Waals surface area contributed by atoms with Crippen LogP contribution in [0, 0.1) is 17.7 Å². The van der Waals surface area contributed by atoms with Crippen molar-refractivity contribution in [2.75, 3.05) is 10.2 Å². The van der Waals surface area contributed by atoms with E-state index in [-0.39, 0.29) is 17.2 Å². The fourth-order valence-electron chi connectivity index (χ4n) is 6.11. The van der Waals surface area contributed by atoms with Gasteiger partial charge in [0, 0.05) is 18.9 Å². The van der Waals surface area contributed by atoms with Crippen LogP contribution in [0.15, 0.2) is 66.7 Å². The van der Waals surface area contributed by atoms with Gasteiger partial charge in [-0.25, -0.2) is 9.29 Å². The number of anilines is 2. The number of phenols is 1. The third-order valence-electron chi connectivity index (χ3n) is 7.60. The molecule has 0 unspecified atom stereocenters. The normalized spacial score (nSPS) is 25.5. The SMILES string of the molecule is CC(=O)Oc1ccc(N2C(=O)[C@H]3[C@@H](Cc4ccc(O)cc4)[NH2+][C@@]4(C(=O)Nc5ccc(F)cc54)[C@H]3C2=O)cc1. The molecule has 3 heterocycles. The van der Waals surface area contributed by atoms with Crippen molar-refractivity contribution in [3.8, 4) is 11.5 Å². The number of rotatable bonds is 4. The van der Waals surface area contributed by atoms with E-state index in [9.17, 15) is 28.7 Å². The first-order valence-corrected chi connectivity index (χ1v) is 12.1. The number of ether oxygens (including phenoxy) is 1. The number of fused-ring (bicyclic) bond motifs is 4. The Morgan fingerprint density at radius 2 is 1.76 bits per heavy atom. The quantitative estimate of drug-likeness (QED) is 0.275. The first-order valence-electron chi connectivity index (χ1n) is 12.1. The van der Waals surface area contributed by atoms with E-state index in [1.807, 2.05) is 0 Å². The Balaban J connectivity index is 1.45. The molecule has 192 valence electrons. The summed E-state index contributed by atoms with van der Waals surface area (Å²) in [7, 11) is 0. The summed E-state index contributed by atoms with van der Waals surface area (Å²) >= 11 is 0. The van der Waals surface area contributed by atoms with Crippen molar-refractivity contribution in [3.05, 3.63) is 83.7 Å². The lowest BCUT2D eigenvalue weighted by Gasteiger charge is -2.26. The number of amides is 3. The first-order chi connectivity index (χ1) is 18.2. The maximum absolute atomic E-state index is 14.4. The molecule has 9 nitrogen and oxygen atoms in total. The Labute approximate surface area is 216 Å². The maximum atomic E-state index is 14.4. The largest absolute Gasteiger partial charge is 0.508 e. The molecule has 6 rings (SSSR count). The van der Waals surface area contributed by atoms with Gasteiger partial charge in [0.1, 0.15) is 35.2 Å². The van der Waals surface area contributed by atoms with Crippen molar-refractivity contribution in [2.45, 2.75) is 24.9 Å². The summed E-state index contributed by atoms with van der Waals surface area (Å²) in [5.41, 5.74) is 0.298. The average molecular weight is 517 g/mol. The van der Waals surface area contributed by atoms with E-state index in [2.05, 4.69) is 5.32 Å². The Hall–Kier alpha value is -4.57. The van der Waals surface area contributed by atoms with E-state index in [1.54, 1.807) is 17.4 Å². The number of aromatic hydroxyl groups is 1. The fraction of sp³-hybridized carbons (Fsp3) is 0.214. The number of carbonyl (C=O) groups excluding carboxylic acids is 4. The molecule has 0 bridgehead atoms. The summed E-state index contributed by atoms with van der Waals surface area (Å²) in [5, 5.41) is 14.2. The van der Waals surface area contributed by atoms with Crippen LogP contribution < -0.4 is 20.3 Å². The number of quaternary nitrogens is 1. The monoisotopic (exact) mass is 516 g/mol. The number of hydrogen-bond acceptors (Lipinski definition) is 6. The van der Waals surface area contributed by atoms with Crippen molar-refractivity contribution >= 4 is 35.1 Å². The molecular formula is C28H23FN3O6+. The molecule has 3 aliphatic rings. The lowest BCUT2D eigenvalue weighted by molar-refractivity contribution is -0.733. The van der Waals surface area contributed by atoms with Crippen LogP contribution in [0.4, 0.5) is 15.8 Å². The van der Waals surface area contributed by atoms with E-state index < -0.39 is 52.9 Å². The van der Waals surface area contributed by atoms with Gasteiger partial charge in [0.15, 0.2) is 0 Å². The van der Waals surface area contributed by atoms with Crippen LogP contribution in [-0.4, -0.2) is 34.8 Å². The molecule has 3 aromatic carbocycles. The van der Waals surface area contributed by atoms with E-state index in [0.29, 0.717) is 17.7 Å². The predicted molar refractivity (Wildman–Crippen MR) is 131 cm³/mol. The minimum absolute atomic E-state index is 0.0913. The second kappa shape index (κ2) is 8.49. The molecular weight excluding hydrogens is 493 g/mol. The molecule has 10 heteroatoms. The summed E-state index contributed by atoms with van der Waals surface area (Å²) in [4.78, 5) is 53.8. The molecule has 3 amide bonds. The zero-order valence-corrected chi connectivity index (χ0v) is 20.2. The minimum atomic E-state index is -1.52. The number of nitrogens with one attached hydrogen (secondary N) is 1. The van der Waals surface area contributed by atoms with Gasteiger partial charge in [0.05, 0.1) is 11.4 Å². The number of phenolic OH excluding ortho intramolecular Hbond substituents is 1. The fourth-order valence-corrected chi connectivity index (χ4v) is 6.11. The highest BCUT2D eigenvalue weighted by Gasteiger charge is 2.74. The van der Waals surface area contributed by atoms with Crippen molar-refractivity contribution in [1.29, 1.82) is 0 Å². The van der Waals surface area contributed by atoms with Crippen LogP contribution in [0.2, 0.25) is 0 Å². The summed E-state index contributed by atoms with van der Waals surface area (Å²) in [6, 6.07) is 15.9. The molecule has 4 atom stereocenters. The van der Waals surface area contributed by atoms with Gasteiger partial charge in [-0.15, -0.1) is 0 Å². The van der Waals surface area contributed by atoms with Gasteiger partial charge >= 0.3 is 5.97 Å². The zero-order chi connectivity index (χ0) is 26.8. The number of nitrogens with two attached hydrogens (primary N) is 1. The van der Waals surface area contributed by atoms with Crippen LogP contribution in [0.1, 0.15) is 18.1 Å². The smallest absolute Gasteiger partial charge is 0.308 e. The molecule has 3 aliphatic heterocycles. The number of benzene rings is 3. The van der Waals surface area contributed by atoms with Gasteiger partial charge in [-0.3, -0.25) is 19.2 Å². The highest BCUT2D eigenvalue weighted by atomic mass is 19.1. The lowest BCUT2D eigenvalue weighted by Crippen LogP contribution is -2.99. The van der Waals surface area contributed by atoms with Crippen molar-refractivity contribution in [3.63, 3.8) is 0 Å². The molecule has 2 saturated heterocycles. The van der Waals surface area contributed by atoms with E-state index in [4.69, 9.17) is 4.74 Å². The number of esters is 1. The standard InChI is InChI=1S/C28H22FN3O6/c1-14(33)38-19-9-5-17(6-10-19)32-25(35)23-22(12-15-2-7-18(34)8-3-15)31-28(24(23)26(32)36)20-13-16(29)4-11-21(20)30-27(28)37/h2-11,13,22-24,31,34H,12H2,1H3,(H,30,37)/p+1/t22-,23+,24-,28-/m1/s1. The molecule has 0 saturated carbocycles. The second-order valence-electron chi connectivity index (χ2n) is 9.82. The molecule has 1 spiro atoms. The van der Waals surface area contributed by atoms with Crippen LogP contribution in [-0.2, 0) is 31.1 Å². The Morgan fingerprint density at radius 3 is 2.45 bits per heavy atom. The number of imide groups is 1. The minimum Gasteiger partial charge on any atom is -0.508 e. The van der Waals surface area contributed by atoms with E-state index >= 15 is 0 Å². The van der Waals surface area contributed by atoms with E-state index in [0.717, 1.165) is 10.5 Å².